The molecule has 1 aromatic carbocycles. The third-order valence-electron chi connectivity index (χ3n) is 5.83. The Bertz CT molecular complexity index is 1010. The molecule has 4 heterocycles. The first-order valence-electron chi connectivity index (χ1n) is 9.95. The fourth-order valence-electron chi connectivity index (χ4n) is 4.14. The molecule has 29 heavy (non-hydrogen) atoms. The van der Waals surface area contributed by atoms with E-state index in [9.17, 15) is 4.79 Å². The number of nitrogens with zero attached hydrogens (tertiary/aromatic N) is 5. The Morgan fingerprint density at radius 1 is 1.24 bits per heavy atom. The van der Waals surface area contributed by atoms with Crippen molar-refractivity contribution in [2.75, 3.05) is 33.4 Å². The summed E-state index contributed by atoms with van der Waals surface area (Å²) in [5.41, 5.74) is 1.95. The van der Waals surface area contributed by atoms with E-state index in [0.29, 0.717) is 31.4 Å². The number of piperidine rings is 1. The zero-order valence-corrected chi connectivity index (χ0v) is 16.3. The molecule has 2 saturated heterocycles. The normalized spacial score (nSPS) is 20.4. The summed E-state index contributed by atoms with van der Waals surface area (Å²) < 4.78 is 17.9. The number of methoxy groups -OCH3 is 1. The van der Waals surface area contributed by atoms with Crippen molar-refractivity contribution in [1.29, 1.82) is 0 Å². The van der Waals surface area contributed by atoms with Crippen LogP contribution in [0.5, 0.6) is 0 Å². The molecule has 1 unspecified atom stereocenters. The van der Waals surface area contributed by atoms with Crippen molar-refractivity contribution in [1.82, 2.24) is 24.8 Å². The van der Waals surface area contributed by atoms with Gasteiger partial charge in [0.05, 0.1) is 31.5 Å². The number of rotatable bonds is 3. The summed E-state index contributed by atoms with van der Waals surface area (Å²) in [6, 6.07) is 6.36. The van der Waals surface area contributed by atoms with Crippen molar-refractivity contribution in [3.63, 3.8) is 0 Å². The first-order valence-corrected chi connectivity index (χ1v) is 9.95. The van der Waals surface area contributed by atoms with Gasteiger partial charge >= 0.3 is 6.09 Å². The number of ether oxygens (including phenoxy) is 2. The van der Waals surface area contributed by atoms with Gasteiger partial charge in [0.1, 0.15) is 0 Å². The quantitative estimate of drug-likeness (QED) is 0.670. The largest absolute Gasteiger partial charge is 0.453 e. The summed E-state index contributed by atoms with van der Waals surface area (Å²) in [7, 11) is 1.40. The SMILES string of the molecule is COC(=O)N1CCC(c2nc(-c3ccc4cnn(C5CCOC5)c4c3)no2)CC1. The number of carbonyl (C=O) groups excluding carboxylic acids is 1. The molecule has 0 radical (unpaired) electrons. The second-order valence-corrected chi connectivity index (χ2v) is 7.57. The summed E-state index contributed by atoms with van der Waals surface area (Å²) >= 11 is 0. The van der Waals surface area contributed by atoms with Crippen molar-refractivity contribution in [2.45, 2.75) is 31.2 Å². The molecule has 152 valence electrons. The third-order valence-corrected chi connectivity index (χ3v) is 5.83. The number of benzene rings is 1. The Morgan fingerprint density at radius 2 is 2.10 bits per heavy atom. The molecule has 1 atom stereocenters. The van der Waals surface area contributed by atoms with Crippen molar-refractivity contribution in [3.05, 3.63) is 30.3 Å². The number of fused-ring (bicyclic) bond motifs is 1. The van der Waals surface area contributed by atoms with E-state index in [2.05, 4.69) is 21.3 Å². The van der Waals surface area contributed by atoms with Crippen molar-refractivity contribution >= 4 is 17.0 Å². The molecule has 3 aromatic rings. The molecule has 0 saturated carbocycles. The van der Waals surface area contributed by atoms with Crippen LogP contribution in [0.3, 0.4) is 0 Å². The van der Waals surface area contributed by atoms with E-state index in [4.69, 9.17) is 14.0 Å². The fourth-order valence-corrected chi connectivity index (χ4v) is 4.14. The van der Waals surface area contributed by atoms with E-state index < -0.39 is 0 Å². The Kier molecular flexibility index (Phi) is 4.67. The van der Waals surface area contributed by atoms with Crippen LogP contribution >= 0.6 is 0 Å². The highest BCUT2D eigenvalue weighted by Gasteiger charge is 2.28. The van der Waals surface area contributed by atoms with Crippen LogP contribution in [0.4, 0.5) is 4.79 Å². The minimum Gasteiger partial charge on any atom is -0.453 e. The maximum Gasteiger partial charge on any atom is 0.409 e. The molecule has 9 heteroatoms. The molecule has 2 aliphatic rings. The van der Waals surface area contributed by atoms with Crippen LogP contribution in [-0.2, 0) is 9.47 Å². The van der Waals surface area contributed by atoms with Crippen LogP contribution in [0, 0.1) is 0 Å². The standard InChI is InChI=1S/C20H23N5O4/c1-27-20(26)24-7-4-13(5-8-24)19-22-18(23-29-19)14-2-3-15-11-21-25(17(15)10-14)16-6-9-28-12-16/h2-3,10-11,13,16H,4-9,12H2,1H3. The number of hydrogen-bond acceptors (Lipinski definition) is 7. The minimum absolute atomic E-state index is 0.155. The summed E-state index contributed by atoms with van der Waals surface area (Å²) in [5.74, 6) is 1.36. The molecule has 0 bridgehead atoms. The molecule has 0 N–H and O–H groups in total. The molecule has 0 aliphatic carbocycles. The summed E-state index contributed by atoms with van der Waals surface area (Å²) in [6.45, 7) is 2.72. The average molecular weight is 397 g/mol. The summed E-state index contributed by atoms with van der Waals surface area (Å²) in [5, 5.41) is 9.84. The van der Waals surface area contributed by atoms with Crippen LogP contribution in [0.2, 0.25) is 0 Å². The van der Waals surface area contributed by atoms with Gasteiger partial charge in [0.2, 0.25) is 11.7 Å². The zero-order chi connectivity index (χ0) is 19.8. The topological polar surface area (TPSA) is 95.5 Å². The fraction of sp³-hybridized carbons (Fsp3) is 0.500. The number of carbonyl (C=O) groups is 1. The van der Waals surface area contributed by atoms with Crippen LogP contribution in [0.1, 0.15) is 37.1 Å². The van der Waals surface area contributed by atoms with Crippen LogP contribution in [0.15, 0.2) is 28.9 Å². The monoisotopic (exact) mass is 397 g/mol. The predicted molar refractivity (Wildman–Crippen MR) is 103 cm³/mol. The molecule has 9 nitrogen and oxygen atoms in total. The van der Waals surface area contributed by atoms with Gasteiger partial charge < -0.3 is 18.9 Å². The lowest BCUT2D eigenvalue weighted by Gasteiger charge is -2.28. The van der Waals surface area contributed by atoms with E-state index in [1.54, 1.807) is 4.90 Å². The first-order chi connectivity index (χ1) is 14.2. The van der Waals surface area contributed by atoms with Crippen LogP contribution in [0.25, 0.3) is 22.3 Å². The third kappa shape index (κ3) is 3.35. The van der Waals surface area contributed by atoms with Gasteiger partial charge in [-0.25, -0.2) is 4.79 Å². The second-order valence-electron chi connectivity index (χ2n) is 7.57. The molecule has 0 spiro atoms. The lowest BCUT2D eigenvalue weighted by atomic mass is 9.97. The smallest absolute Gasteiger partial charge is 0.409 e. The number of likely N-dealkylation sites (tertiary alicyclic amines) is 1. The lowest BCUT2D eigenvalue weighted by molar-refractivity contribution is 0.109. The summed E-state index contributed by atoms with van der Waals surface area (Å²) in [6.07, 6.45) is 4.13. The predicted octanol–water partition coefficient (Wildman–Crippen LogP) is 2.99. The van der Waals surface area contributed by atoms with Crippen LogP contribution < -0.4 is 0 Å². The van der Waals surface area contributed by atoms with Crippen molar-refractivity contribution < 1.29 is 18.8 Å². The maximum absolute atomic E-state index is 11.6. The Labute approximate surface area is 167 Å². The molecule has 2 aliphatic heterocycles. The van der Waals surface area contributed by atoms with Gasteiger partial charge in [-0.3, -0.25) is 4.68 Å². The maximum atomic E-state index is 11.6. The molecular formula is C20H23N5O4. The molecule has 5 rings (SSSR count). The van der Waals surface area contributed by atoms with E-state index in [1.807, 2.05) is 23.0 Å². The van der Waals surface area contributed by atoms with Gasteiger partial charge in [-0.1, -0.05) is 17.3 Å². The highest BCUT2D eigenvalue weighted by atomic mass is 16.5. The lowest BCUT2D eigenvalue weighted by Crippen LogP contribution is -2.37. The number of aromatic nitrogens is 4. The second kappa shape index (κ2) is 7.47. The number of hydrogen-bond donors (Lipinski definition) is 0. The zero-order valence-electron chi connectivity index (χ0n) is 16.3. The highest BCUT2D eigenvalue weighted by molar-refractivity contribution is 5.83. The van der Waals surface area contributed by atoms with Gasteiger partial charge in [0, 0.05) is 36.6 Å². The number of amides is 1. The molecule has 2 aromatic heterocycles. The Hall–Kier alpha value is -2.94. The average Bonchev–Trinajstić information content (AvgIpc) is 3.53. The van der Waals surface area contributed by atoms with E-state index in [1.165, 1.54) is 7.11 Å². The molecule has 2 fully saturated rings. The van der Waals surface area contributed by atoms with Crippen molar-refractivity contribution in [2.24, 2.45) is 0 Å². The van der Waals surface area contributed by atoms with Gasteiger partial charge in [0.25, 0.3) is 0 Å². The van der Waals surface area contributed by atoms with Crippen LogP contribution in [-0.4, -0.2) is 64.3 Å². The molecule has 1 amide bonds. The van der Waals surface area contributed by atoms with E-state index >= 15 is 0 Å². The van der Waals surface area contributed by atoms with Gasteiger partial charge in [-0.15, -0.1) is 0 Å². The Morgan fingerprint density at radius 3 is 2.86 bits per heavy atom. The van der Waals surface area contributed by atoms with Gasteiger partial charge in [-0.2, -0.15) is 10.1 Å². The minimum atomic E-state index is -0.285. The first kappa shape index (κ1) is 18.1. The Balaban J connectivity index is 1.36. The highest BCUT2D eigenvalue weighted by Crippen LogP contribution is 2.30. The van der Waals surface area contributed by atoms with Gasteiger partial charge in [0.15, 0.2) is 0 Å². The summed E-state index contributed by atoms with van der Waals surface area (Å²) in [4.78, 5) is 18.0. The van der Waals surface area contributed by atoms with Gasteiger partial charge in [-0.05, 0) is 25.3 Å². The van der Waals surface area contributed by atoms with E-state index in [-0.39, 0.29) is 18.1 Å². The van der Waals surface area contributed by atoms with E-state index in [0.717, 1.165) is 42.3 Å². The van der Waals surface area contributed by atoms with Crippen molar-refractivity contribution in [3.8, 4) is 11.4 Å². The molecular weight excluding hydrogens is 374 g/mol.